The number of quaternary nitrogens is 1. The average Bonchev–Trinajstić information content (AvgIpc) is 2.63. The maximum atomic E-state index is 10.1. The Labute approximate surface area is 161 Å². The van der Waals surface area contributed by atoms with Crippen LogP contribution in [0.1, 0.15) is 18.1 Å². The first-order valence-electron chi connectivity index (χ1n) is 9.22. The molecule has 0 amide bonds. The summed E-state index contributed by atoms with van der Waals surface area (Å²) in [5, 5.41) is 12.9. The standard InChI is InChI=1S/C21H29ClN2O2/c1-3-24(20-6-4-5-17(2)13-20)12-11-23-14-21(25)16-26-15-18-7-9-19(22)10-8-18/h4-10,13,21,23,25H,3,11-12,14-16H2,1-2H3/p+1/t21-/m1/s1. The minimum atomic E-state index is -0.462. The zero-order valence-electron chi connectivity index (χ0n) is 15.7. The number of aliphatic hydroxyl groups excluding tert-OH is 1. The van der Waals surface area contributed by atoms with Gasteiger partial charge in [0.2, 0.25) is 0 Å². The third-order valence-corrected chi connectivity index (χ3v) is 4.53. The molecule has 0 saturated carbocycles. The molecule has 0 radical (unpaired) electrons. The van der Waals surface area contributed by atoms with Crippen molar-refractivity contribution >= 4 is 17.3 Å². The van der Waals surface area contributed by atoms with Crippen LogP contribution in [-0.2, 0) is 11.3 Å². The minimum absolute atomic E-state index is 0.342. The fraction of sp³-hybridized carbons (Fsp3) is 0.429. The minimum Gasteiger partial charge on any atom is -0.385 e. The topological polar surface area (TPSA) is 49.3 Å². The first-order valence-corrected chi connectivity index (χ1v) is 9.59. The average molecular weight is 378 g/mol. The molecule has 0 bridgehead atoms. The number of rotatable bonds is 11. The molecule has 0 spiro atoms. The van der Waals surface area contributed by atoms with Crippen molar-refractivity contribution in [3.05, 3.63) is 64.7 Å². The highest BCUT2D eigenvalue weighted by Crippen LogP contribution is 2.14. The predicted octanol–water partition coefficient (Wildman–Crippen LogP) is 2.62. The molecular weight excluding hydrogens is 348 g/mol. The van der Waals surface area contributed by atoms with Crippen LogP contribution in [0.25, 0.3) is 0 Å². The van der Waals surface area contributed by atoms with E-state index in [1.54, 1.807) is 0 Å². The van der Waals surface area contributed by atoms with Gasteiger partial charge in [0.25, 0.3) is 0 Å². The van der Waals surface area contributed by atoms with Gasteiger partial charge in [-0.05, 0) is 49.2 Å². The van der Waals surface area contributed by atoms with Gasteiger partial charge < -0.3 is 20.1 Å². The Balaban J connectivity index is 1.61. The van der Waals surface area contributed by atoms with E-state index in [0.717, 1.165) is 30.2 Å². The molecule has 142 valence electrons. The molecule has 0 aliphatic heterocycles. The van der Waals surface area contributed by atoms with E-state index in [4.69, 9.17) is 16.3 Å². The number of aryl methyl sites for hydroxylation is 1. The van der Waals surface area contributed by atoms with Crippen molar-refractivity contribution < 1.29 is 15.2 Å². The molecule has 5 heteroatoms. The van der Waals surface area contributed by atoms with E-state index in [-0.39, 0.29) is 0 Å². The Morgan fingerprint density at radius 3 is 2.65 bits per heavy atom. The SMILES string of the molecule is CCN(CC[NH2+]C[C@@H](O)COCc1ccc(Cl)cc1)c1cccc(C)c1. The summed E-state index contributed by atoms with van der Waals surface area (Å²) in [5.74, 6) is 0. The van der Waals surface area contributed by atoms with Gasteiger partial charge in [-0.15, -0.1) is 0 Å². The van der Waals surface area contributed by atoms with Gasteiger partial charge in [0.1, 0.15) is 12.6 Å². The Hall–Kier alpha value is -1.59. The van der Waals surface area contributed by atoms with Gasteiger partial charge in [0.15, 0.2) is 0 Å². The van der Waals surface area contributed by atoms with E-state index >= 15 is 0 Å². The van der Waals surface area contributed by atoms with Crippen LogP contribution in [0.5, 0.6) is 0 Å². The zero-order chi connectivity index (χ0) is 18.8. The quantitative estimate of drug-likeness (QED) is 0.592. The summed E-state index contributed by atoms with van der Waals surface area (Å²) in [4.78, 5) is 2.35. The second-order valence-electron chi connectivity index (χ2n) is 6.53. The molecule has 0 fully saturated rings. The largest absolute Gasteiger partial charge is 0.385 e. The summed E-state index contributed by atoms with van der Waals surface area (Å²) in [5.41, 5.74) is 3.59. The zero-order valence-corrected chi connectivity index (χ0v) is 16.5. The number of likely N-dealkylation sites (N-methyl/N-ethyl adjacent to an activating group) is 1. The number of nitrogens with zero attached hydrogens (tertiary/aromatic N) is 1. The molecule has 2 rings (SSSR count). The van der Waals surface area contributed by atoms with Crippen LogP contribution in [0.15, 0.2) is 48.5 Å². The van der Waals surface area contributed by atoms with Crippen molar-refractivity contribution in [2.75, 3.05) is 37.7 Å². The Kier molecular flexibility index (Phi) is 8.92. The number of hydrogen-bond donors (Lipinski definition) is 2. The third-order valence-electron chi connectivity index (χ3n) is 4.28. The third kappa shape index (κ3) is 7.34. The Morgan fingerprint density at radius 1 is 1.19 bits per heavy atom. The highest BCUT2D eigenvalue weighted by Gasteiger charge is 2.09. The van der Waals surface area contributed by atoms with Gasteiger partial charge >= 0.3 is 0 Å². The lowest BCUT2D eigenvalue weighted by Crippen LogP contribution is -2.88. The molecule has 0 saturated heterocycles. The number of ether oxygens (including phenoxy) is 1. The Morgan fingerprint density at radius 2 is 1.96 bits per heavy atom. The summed E-state index contributed by atoms with van der Waals surface area (Å²) in [6.45, 7) is 8.63. The number of nitrogens with two attached hydrogens (primary N) is 1. The van der Waals surface area contributed by atoms with Crippen LogP contribution in [-0.4, -0.2) is 44.0 Å². The summed E-state index contributed by atoms with van der Waals surface area (Å²) < 4.78 is 5.58. The van der Waals surface area contributed by atoms with Crippen LogP contribution >= 0.6 is 11.6 Å². The molecule has 0 aliphatic rings. The van der Waals surface area contributed by atoms with E-state index < -0.39 is 6.10 Å². The second-order valence-corrected chi connectivity index (χ2v) is 6.96. The second kappa shape index (κ2) is 11.2. The van der Waals surface area contributed by atoms with Crippen LogP contribution in [0, 0.1) is 6.92 Å². The first-order chi connectivity index (χ1) is 12.6. The molecule has 3 N–H and O–H groups in total. The Bertz CT molecular complexity index is 649. The summed E-state index contributed by atoms with van der Waals surface area (Å²) in [6, 6.07) is 16.1. The van der Waals surface area contributed by atoms with Crippen molar-refractivity contribution in [3.63, 3.8) is 0 Å². The van der Waals surface area contributed by atoms with Crippen molar-refractivity contribution in [2.24, 2.45) is 0 Å². The van der Waals surface area contributed by atoms with E-state index in [1.807, 2.05) is 24.3 Å². The first kappa shape index (κ1) is 20.7. The van der Waals surface area contributed by atoms with E-state index in [9.17, 15) is 5.11 Å². The lowest BCUT2D eigenvalue weighted by atomic mass is 10.2. The molecule has 0 heterocycles. The molecule has 1 atom stereocenters. The van der Waals surface area contributed by atoms with Crippen LogP contribution in [0.3, 0.4) is 0 Å². The van der Waals surface area contributed by atoms with Crippen molar-refractivity contribution in [3.8, 4) is 0 Å². The highest BCUT2D eigenvalue weighted by molar-refractivity contribution is 6.30. The van der Waals surface area contributed by atoms with E-state index in [2.05, 4.69) is 48.3 Å². The fourth-order valence-electron chi connectivity index (χ4n) is 2.81. The summed E-state index contributed by atoms with van der Waals surface area (Å²) >= 11 is 5.86. The number of halogens is 1. The lowest BCUT2D eigenvalue weighted by molar-refractivity contribution is -0.659. The van der Waals surface area contributed by atoms with Crippen molar-refractivity contribution in [1.82, 2.24) is 0 Å². The van der Waals surface area contributed by atoms with Gasteiger partial charge in [0, 0.05) is 17.3 Å². The van der Waals surface area contributed by atoms with E-state index in [0.29, 0.717) is 19.8 Å². The normalized spacial score (nSPS) is 12.2. The number of anilines is 1. The fourth-order valence-corrected chi connectivity index (χ4v) is 2.94. The van der Waals surface area contributed by atoms with Crippen LogP contribution < -0.4 is 10.2 Å². The molecule has 26 heavy (non-hydrogen) atoms. The van der Waals surface area contributed by atoms with Gasteiger partial charge in [-0.25, -0.2) is 0 Å². The molecule has 0 aliphatic carbocycles. The highest BCUT2D eigenvalue weighted by atomic mass is 35.5. The number of benzene rings is 2. The van der Waals surface area contributed by atoms with Crippen molar-refractivity contribution in [1.29, 1.82) is 0 Å². The molecule has 0 aromatic heterocycles. The maximum Gasteiger partial charge on any atom is 0.126 e. The lowest BCUT2D eigenvalue weighted by Gasteiger charge is -2.23. The predicted molar refractivity (Wildman–Crippen MR) is 108 cm³/mol. The number of hydrogen-bond acceptors (Lipinski definition) is 3. The van der Waals surface area contributed by atoms with Gasteiger partial charge in [-0.1, -0.05) is 35.9 Å². The maximum absolute atomic E-state index is 10.1. The molecular formula is C21H30ClN2O2+. The molecule has 0 unspecified atom stereocenters. The monoisotopic (exact) mass is 377 g/mol. The van der Waals surface area contributed by atoms with Crippen LogP contribution in [0.2, 0.25) is 5.02 Å². The molecule has 2 aromatic rings. The smallest absolute Gasteiger partial charge is 0.126 e. The molecule has 2 aromatic carbocycles. The summed E-state index contributed by atoms with van der Waals surface area (Å²) in [6.07, 6.45) is -0.462. The van der Waals surface area contributed by atoms with Gasteiger partial charge in [-0.3, -0.25) is 0 Å². The van der Waals surface area contributed by atoms with Gasteiger partial charge in [0.05, 0.1) is 26.3 Å². The summed E-state index contributed by atoms with van der Waals surface area (Å²) in [7, 11) is 0. The van der Waals surface area contributed by atoms with Crippen molar-refractivity contribution in [2.45, 2.75) is 26.6 Å². The van der Waals surface area contributed by atoms with Crippen LogP contribution in [0.4, 0.5) is 5.69 Å². The molecule has 4 nitrogen and oxygen atoms in total. The van der Waals surface area contributed by atoms with E-state index in [1.165, 1.54) is 11.3 Å². The van der Waals surface area contributed by atoms with Gasteiger partial charge in [-0.2, -0.15) is 0 Å². The number of aliphatic hydroxyl groups is 1.